The van der Waals surface area contributed by atoms with Crippen molar-refractivity contribution in [1.29, 1.82) is 0 Å². The minimum Gasteiger partial charge on any atom is -0.445 e. The normalized spacial score (nSPS) is 23.6. The predicted octanol–water partition coefficient (Wildman–Crippen LogP) is 3.20. The van der Waals surface area contributed by atoms with Crippen molar-refractivity contribution >= 4 is 41.7 Å². The molecule has 21 heavy (non-hydrogen) atoms. The van der Waals surface area contributed by atoms with Gasteiger partial charge in [-0.1, -0.05) is 23.2 Å². The maximum atomic E-state index is 12.0. The van der Waals surface area contributed by atoms with Gasteiger partial charge in [0.2, 0.25) is 0 Å². The minimum atomic E-state index is -0.254. The van der Waals surface area contributed by atoms with Crippen LogP contribution in [0.2, 0.25) is 10.0 Å². The molecule has 3 rings (SSSR count). The van der Waals surface area contributed by atoms with Gasteiger partial charge in [0, 0.05) is 36.2 Å². The summed E-state index contributed by atoms with van der Waals surface area (Å²) in [6.45, 7) is 3.76. The molecule has 1 aromatic carbocycles. The van der Waals surface area contributed by atoms with E-state index in [4.69, 9.17) is 27.9 Å². The second-order valence-corrected chi connectivity index (χ2v) is 6.29. The van der Waals surface area contributed by atoms with Crippen molar-refractivity contribution in [3.8, 4) is 0 Å². The standard InChI is InChI=1S/C14H16Cl2N2O2.ClH/c15-12-1-9(2-13(16)3-12)8-20-14(19)18-6-10-4-17-5-11(10)7-18;/h1-3,10-11,17H,4-8H2;1H/t10-,11+;. The van der Waals surface area contributed by atoms with Gasteiger partial charge in [0.1, 0.15) is 6.61 Å². The van der Waals surface area contributed by atoms with Crippen LogP contribution >= 0.6 is 35.6 Å². The first-order chi connectivity index (χ1) is 9.61. The molecule has 2 saturated heterocycles. The van der Waals surface area contributed by atoms with Gasteiger partial charge >= 0.3 is 6.09 Å². The number of hydrogen-bond donors (Lipinski definition) is 1. The molecule has 116 valence electrons. The summed E-state index contributed by atoms with van der Waals surface area (Å²) in [6.07, 6.45) is -0.254. The Morgan fingerprint density at radius 3 is 2.33 bits per heavy atom. The highest BCUT2D eigenvalue weighted by atomic mass is 35.5. The lowest BCUT2D eigenvalue weighted by Crippen LogP contribution is -2.32. The van der Waals surface area contributed by atoms with Crippen LogP contribution in [0.5, 0.6) is 0 Å². The molecule has 2 aliphatic heterocycles. The number of benzene rings is 1. The van der Waals surface area contributed by atoms with E-state index >= 15 is 0 Å². The van der Waals surface area contributed by atoms with Gasteiger partial charge in [-0.2, -0.15) is 0 Å². The zero-order valence-electron chi connectivity index (χ0n) is 11.4. The van der Waals surface area contributed by atoms with Crippen LogP contribution in [-0.4, -0.2) is 37.2 Å². The Kier molecular flexibility index (Phi) is 5.60. The number of rotatable bonds is 2. The molecule has 0 bridgehead atoms. The van der Waals surface area contributed by atoms with Crippen LogP contribution in [0.15, 0.2) is 18.2 Å². The maximum absolute atomic E-state index is 12.0. The Morgan fingerprint density at radius 1 is 1.19 bits per heavy atom. The lowest BCUT2D eigenvalue weighted by molar-refractivity contribution is 0.102. The van der Waals surface area contributed by atoms with Crippen molar-refractivity contribution in [2.45, 2.75) is 6.61 Å². The average molecular weight is 352 g/mol. The smallest absolute Gasteiger partial charge is 0.410 e. The van der Waals surface area contributed by atoms with Crippen LogP contribution in [0, 0.1) is 11.8 Å². The first kappa shape index (κ1) is 16.7. The van der Waals surface area contributed by atoms with Gasteiger partial charge in [0.05, 0.1) is 0 Å². The molecule has 2 atom stereocenters. The van der Waals surface area contributed by atoms with Crippen LogP contribution in [0.25, 0.3) is 0 Å². The molecular formula is C14H17Cl3N2O2. The highest BCUT2D eigenvalue weighted by molar-refractivity contribution is 6.34. The molecule has 0 aromatic heterocycles. The highest BCUT2D eigenvalue weighted by Crippen LogP contribution is 2.27. The maximum Gasteiger partial charge on any atom is 0.410 e. The Bertz CT molecular complexity index is 495. The first-order valence-corrected chi connectivity index (χ1v) is 7.45. The molecule has 1 aromatic rings. The Balaban J connectivity index is 0.00000161. The molecule has 2 fully saturated rings. The lowest BCUT2D eigenvalue weighted by Gasteiger charge is -2.17. The third-order valence-electron chi connectivity index (χ3n) is 3.93. The average Bonchev–Trinajstić information content (AvgIpc) is 2.95. The van der Waals surface area contributed by atoms with Gasteiger partial charge in [-0.25, -0.2) is 4.79 Å². The van der Waals surface area contributed by atoms with E-state index in [0.717, 1.165) is 31.7 Å². The van der Waals surface area contributed by atoms with Gasteiger partial charge in [-0.05, 0) is 35.6 Å². The summed E-state index contributed by atoms with van der Waals surface area (Å²) in [5.41, 5.74) is 0.803. The monoisotopic (exact) mass is 350 g/mol. The fourth-order valence-electron chi connectivity index (χ4n) is 2.94. The third kappa shape index (κ3) is 3.95. The molecule has 0 spiro atoms. The van der Waals surface area contributed by atoms with Crippen molar-refractivity contribution in [2.75, 3.05) is 26.2 Å². The van der Waals surface area contributed by atoms with E-state index < -0.39 is 0 Å². The van der Waals surface area contributed by atoms with E-state index in [9.17, 15) is 4.79 Å². The van der Waals surface area contributed by atoms with E-state index in [-0.39, 0.29) is 25.1 Å². The fraction of sp³-hybridized carbons (Fsp3) is 0.500. The van der Waals surface area contributed by atoms with E-state index in [1.807, 2.05) is 0 Å². The minimum absolute atomic E-state index is 0. The molecule has 4 nitrogen and oxygen atoms in total. The molecule has 0 aliphatic carbocycles. The highest BCUT2D eigenvalue weighted by Gasteiger charge is 2.38. The Morgan fingerprint density at radius 2 is 1.76 bits per heavy atom. The van der Waals surface area contributed by atoms with Crippen molar-refractivity contribution in [3.63, 3.8) is 0 Å². The second-order valence-electron chi connectivity index (χ2n) is 5.42. The number of carbonyl (C=O) groups excluding carboxylic acids is 1. The quantitative estimate of drug-likeness (QED) is 0.889. The largest absolute Gasteiger partial charge is 0.445 e. The van der Waals surface area contributed by atoms with Crippen molar-refractivity contribution < 1.29 is 9.53 Å². The summed E-state index contributed by atoms with van der Waals surface area (Å²) in [4.78, 5) is 13.8. The molecule has 0 unspecified atom stereocenters. The number of ether oxygens (including phenoxy) is 1. The number of hydrogen-bond acceptors (Lipinski definition) is 3. The third-order valence-corrected chi connectivity index (χ3v) is 4.37. The van der Waals surface area contributed by atoms with Gasteiger partial charge in [-0.3, -0.25) is 0 Å². The number of nitrogens with zero attached hydrogens (tertiary/aromatic N) is 1. The number of nitrogens with one attached hydrogen (secondary N) is 1. The molecule has 0 saturated carbocycles. The van der Waals surface area contributed by atoms with Crippen molar-refractivity contribution in [3.05, 3.63) is 33.8 Å². The number of carbonyl (C=O) groups is 1. The van der Waals surface area contributed by atoms with E-state index in [1.165, 1.54) is 0 Å². The summed E-state index contributed by atoms with van der Waals surface area (Å²) in [7, 11) is 0. The predicted molar refractivity (Wildman–Crippen MR) is 85.3 cm³/mol. The lowest BCUT2D eigenvalue weighted by atomic mass is 10.0. The SMILES string of the molecule is Cl.O=C(OCc1cc(Cl)cc(Cl)c1)N1C[C@H]2CNC[C@H]2C1. The van der Waals surface area contributed by atoms with Crippen LogP contribution in [0.3, 0.4) is 0 Å². The van der Waals surface area contributed by atoms with Crippen LogP contribution < -0.4 is 5.32 Å². The molecule has 2 heterocycles. The van der Waals surface area contributed by atoms with Crippen LogP contribution in [-0.2, 0) is 11.3 Å². The summed E-state index contributed by atoms with van der Waals surface area (Å²) in [5, 5.41) is 4.44. The molecular weight excluding hydrogens is 335 g/mol. The second kappa shape index (κ2) is 7.05. The van der Waals surface area contributed by atoms with Crippen LogP contribution in [0.1, 0.15) is 5.56 Å². The summed E-state index contributed by atoms with van der Waals surface area (Å²) in [5.74, 6) is 1.14. The van der Waals surface area contributed by atoms with E-state index in [2.05, 4.69) is 5.32 Å². The Labute approximate surface area is 140 Å². The molecule has 1 amide bonds. The number of amides is 1. The van der Waals surface area contributed by atoms with Gasteiger partial charge in [0.15, 0.2) is 0 Å². The Hall–Kier alpha value is -0.680. The van der Waals surface area contributed by atoms with E-state index in [0.29, 0.717) is 21.9 Å². The van der Waals surface area contributed by atoms with Gasteiger partial charge < -0.3 is 15.0 Å². The van der Waals surface area contributed by atoms with Crippen molar-refractivity contribution in [2.24, 2.45) is 11.8 Å². The van der Waals surface area contributed by atoms with E-state index in [1.54, 1.807) is 23.1 Å². The molecule has 0 radical (unpaired) electrons. The van der Waals surface area contributed by atoms with Crippen LogP contribution in [0.4, 0.5) is 4.79 Å². The van der Waals surface area contributed by atoms with Gasteiger partial charge in [0.25, 0.3) is 0 Å². The van der Waals surface area contributed by atoms with Crippen molar-refractivity contribution in [1.82, 2.24) is 10.2 Å². The first-order valence-electron chi connectivity index (χ1n) is 6.69. The number of likely N-dealkylation sites (tertiary alicyclic amines) is 1. The summed E-state index contributed by atoms with van der Waals surface area (Å²) >= 11 is 11.8. The summed E-state index contributed by atoms with van der Waals surface area (Å²) in [6, 6.07) is 5.16. The molecule has 2 aliphatic rings. The molecule has 1 N–H and O–H groups in total. The zero-order valence-corrected chi connectivity index (χ0v) is 13.7. The molecule has 7 heteroatoms. The van der Waals surface area contributed by atoms with Gasteiger partial charge in [-0.15, -0.1) is 12.4 Å². The number of halogens is 3. The topological polar surface area (TPSA) is 41.6 Å². The summed E-state index contributed by atoms with van der Waals surface area (Å²) < 4.78 is 5.34. The fourth-order valence-corrected chi connectivity index (χ4v) is 3.51. The zero-order chi connectivity index (χ0) is 14.1. The number of fused-ring (bicyclic) bond motifs is 1.